The van der Waals surface area contributed by atoms with Gasteiger partial charge in [0.25, 0.3) is 0 Å². The Balaban J connectivity index is 2.16. The van der Waals surface area contributed by atoms with E-state index in [0.717, 1.165) is 37.8 Å². The molecule has 0 bridgehead atoms. The number of aliphatic hydroxyl groups is 1. The van der Waals surface area contributed by atoms with Crippen molar-refractivity contribution in [2.75, 3.05) is 24.3 Å². The third-order valence-electron chi connectivity index (χ3n) is 3.22. The predicted octanol–water partition coefficient (Wildman–Crippen LogP) is 1.35. The van der Waals surface area contributed by atoms with Crippen LogP contribution in [0, 0.1) is 0 Å². The summed E-state index contributed by atoms with van der Waals surface area (Å²) < 4.78 is 5.63. The summed E-state index contributed by atoms with van der Waals surface area (Å²) in [4.78, 5) is 8.41. The number of anilines is 2. The molecule has 0 amide bonds. The second-order valence-electron chi connectivity index (χ2n) is 4.82. The highest BCUT2D eigenvalue weighted by Crippen LogP contribution is 2.31. The number of fused-ring (bicyclic) bond motifs is 1. The smallest absolute Gasteiger partial charge is 0.222 e. The van der Waals surface area contributed by atoms with Crippen LogP contribution in [0.5, 0.6) is 5.75 Å². The molecule has 1 atom stereocenters. The first-order valence-corrected chi connectivity index (χ1v) is 6.91. The van der Waals surface area contributed by atoms with Crippen LogP contribution in [-0.4, -0.2) is 34.3 Å². The maximum absolute atomic E-state index is 9.41. The Morgan fingerprint density at radius 3 is 3.05 bits per heavy atom. The van der Waals surface area contributed by atoms with Crippen LogP contribution >= 0.6 is 0 Å². The highest BCUT2D eigenvalue weighted by atomic mass is 16.5. The van der Waals surface area contributed by atoms with Crippen LogP contribution in [0.2, 0.25) is 0 Å². The lowest BCUT2D eigenvalue weighted by atomic mass is 10.1. The molecule has 2 rings (SSSR count). The Bertz CT molecular complexity index is 425. The van der Waals surface area contributed by atoms with E-state index < -0.39 is 0 Å². The topological polar surface area (TPSA) is 93.3 Å². The van der Waals surface area contributed by atoms with E-state index in [4.69, 9.17) is 10.5 Å². The minimum atomic E-state index is -0.0242. The highest BCUT2D eigenvalue weighted by molar-refractivity contribution is 5.56. The lowest BCUT2D eigenvalue weighted by Crippen LogP contribution is -2.26. The molecule has 1 unspecified atom stereocenters. The monoisotopic (exact) mass is 266 g/mol. The molecule has 0 fully saturated rings. The first-order chi connectivity index (χ1) is 9.24. The number of unbranched alkanes of at least 4 members (excludes halogenated alkanes) is 1. The normalized spacial score (nSPS) is 15.5. The van der Waals surface area contributed by atoms with Crippen LogP contribution in [0.15, 0.2) is 0 Å². The van der Waals surface area contributed by atoms with E-state index in [9.17, 15) is 5.11 Å². The molecule has 2 heterocycles. The Morgan fingerprint density at radius 1 is 1.47 bits per heavy atom. The van der Waals surface area contributed by atoms with Crippen molar-refractivity contribution in [3.63, 3.8) is 0 Å². The maximum atomic E-state index is 9.41. The summed E-state index contributed by atoms with van der Waals surface area (Å²) in [7, 11) is 0. The van der Waals surface area contributed by atoms with E-state index in [0.29, 0.717) is 18.2 Å². The average Bonchev–Trinajstić information content (AvgIpc) is 2.43. The van der Waals surface area contributed by atoms with Gasteiger partial charge in [-0.3, -0.25) is 0 Å². The molecule has 19 heavy (non-hydrogen) atoms. The number of aryl methyl sites for hydroxylation is 1. The van der Waals surface area contributed by atoms with Gasteiger partial charge < -0.3 is 20.9 Å². The molecule has 6 heteroatoms. The van der Waals surface area contributed by atoms with Crippen molar-refractivity contribution in [3.8, 4) is 5.75 Å². The van der Waals surface area contributed by atoms with E-state index in [1.54, 1.807) is 0 Å². The van der Waals surface area contributed by atoms with Gasteiger partial charge in [-0.05, 0) is 19.3 Å². The van der Waals surface area contributed by atoms with Crippen LogP contribution < -0.4 is 15.8 Å². The second kappa shape index (κ2) is 6.56. The standard InChI is InChI=1S/C13H22N4O2/c1-2-3-5-9(8-18)15-12-11-10(6-4-7-19-11)16-13(14)17-12/h9,18H,2-8H2,1H3,(H3,14,15,16,17). The third kappa shape index (κ3) is 3.47. The SMILES string of the molecule is CCCCC(CO)Nc1nc(N)nc2c1OCCC2. The quantitative estimate of drug-likeness (QED) is 0.719. The number of hydrogen-bond acceptors (Lipinski definition) is 6. The second-order valence-corrected chi connectivity index (χ2v) is 4.82. The molecule has 1 aliphatic rings. The minimum Gasteiger partial charge on any atom is -0.488 e. The molecule has 1 aliphatic heterocycles. The first kappa shape index (κ1) is 13.9. The fourth-order valence-corrected chi connectivity index (χ4v) is 2.20. The van der Waals surface area contributed by atoms with Gasteiger partial charge in [0.15, 0.2) is 11.6 Å². The minimum absolute atomic E-state index is 0.0242. The Hall–Kier alpha value is -1.56. The van der Waals surface area contributed by atoms with Gasteiger partial charge in [-0.1, -0.05) is 19.8 Å². The molecule has 0 aromatic carbocycles. The zero-order chi connectivity index (χ0) is 13.7. The molecule has 106 valence electrons. The number of ether oxygens (including phenoxy) is 1. The number of nitrogens with zero attached hydrogens (tertiary/aromatic N) is 2. The fraction of sp³-hybridized carbons (Fsp3) is 0.692. The molecule has 0 spiro atoms. The van der Waals surface area contributed by atoms with E-state index in [1.807, 2.05) is 0 Å². The van der Waals surface area contributed by atoms with Crippen LogP contribution in [0.3, 0.4) is 0 Å². The molecule has 0 saturated heterocycles. The summed E-state index contributed by atoms with van der Waals surface area (Å²) in [6.07, 6.45) is 4.85. The van der Waals surface area contributed by atoms with Crippen LogP contribution in [0.1, 0.15) is 38.3 Å². The lowest BCUT2D eigenvalue weighted by molar-refractivity contribution is 0.264. The molecular formula is C13H22N4O2. The highest BCUT2D eigenvalue weighted by Gasteiger charge is 2.20. The van der Waals surface area contributed by atoms with Crippen molar-refractivity contribution in [1.29, 1.82) is 0 Å². The zero-order valence-electron chi connectivity index (χ0n) is 11.4. The molecular weight excluding hydrogens is 244 g/mol. The van der Waals surface area contributed by atoms with Crippen molar-refractivity contribution in [2.24, 2.45) is 0 Å². The maximum Gasteiger partial charge on any atom is 0.222 e. The van der Waals surface area contributed by atoms with E-state index in [1.165, 1.54) is 0 Å². The van der Waals surface area contributed by atoms with Gasteiger partial charge in [0, 0.05) is 0 Å². The molecule has 0 aliphatic carbocycles. The summed E-state index contributed by atoms with van der Waals surface area (Å²) in [5.41, 5.74) is 6.57. The van der Waals surface area contributed by atoms with E-state index in [-0.39, 0.29) is 18.6 Å². The Kier molecular flexibility index (Phi) is 4.79. The number of hydrogen-bond donors (Lipinski definition) is 3. The van der Waals surface area contributed by atoms with Gasteiger partial charge in [-0.15, -0.1) is 0 Å². The number of rotatable bonds is 6. The lowest BCUT2D eigenvalue weighted by Gasteiger charge is -2.23. The molecule has 4 N–H and O–H groups in total. The van der Waals surface area contributed by atoms with Crippen molar-refractivity contribution in [3.05, 3.63) is 5.69 Å². The van der Waals surface area contributed by atoms with Gasteiger partial charge >= 0.3 is 0 Å². The summed E-state index contributed by atoms with van der Waals surface area (Å²) in [5, 5.41) is 12.6. The molecule has 6 nitrogen and oxygen atoms in total. The number of nitrogens with two attached hydrogens (primary N) is 1. The third-order valence-corrected chi connectivity index (χ3v) is 3.22. The molecule has 0 saturated carbocycles. The van der Waals surface area contributed by atoms with Crippen LogP contribution in [0.4, 0.5) is 11.8 Å². The van der Waals surface area contributed by atoms with E-state index >= 15 is 0 Å². The molecule has 0 radical (unpaired) electrons. The predicted molar refractivity (Wildman–Crippen MR) is 74.3 cm³/mol. The van der Waals surface area contributed by atoms with Crippen LogP contribution in [0.25, 0.3) is 0 Å². The molecule has 1 aromatic rings. The van der Waals surface area contributed by atoms with Gasteiger partial charge in [0.1, 0.15) is 0 Å². The largest absolute Gasteiger partial charge is 0.488 e. The average molecular weight is 266 g/mol. The van der Waals surface area contributed by atoms with Gasteiger partial charge in [-0.2, -0.15) is 4.98 Å². The summed E-state index contributed by atoms with van der Waals surface area (Å²) >= 11 is 0. The van der Waals surface area contributed by atoms with Crippen molar-refractivity contribution >= 4 is 11.8 Å². The summed E-state index contributed by atoms with van der Waals surface area (Å²) in [5.74, 6) is 1.55. The van der Waals surface area contributed by atoms with Crippen molar-refractivity contribution in [2.45, 2.75) is 45.1 Å². The Morgan fingerprint density at radius 2 is 2.32 bits per heavy atom. The zero-order valence-corrected chi connectivity index (χ0v) is 11.4. The summed E-state index contributed by atoms with van der Waals surface area (Å²) in [6, 6.07) is -0.0242. The van der Waals surface area contributed by atoms with E-state index in [2.05, 4.69) is 22.2 Å². The van der Waals surface area contributed by atoms with Crippen molar-refractivity contribution < 1.29 is 9.84 Å². The number of aliphatic hydroxyl groups excluding tert-OH is 1. The first-order valence-electron chi connectivity index (χ1n) is 6.91. The van der Waals surface area contributed by atoms with Crippen LogP contribution in [-0.2, 0) is 6.42 Å². The number of nitrogens with one attached hydrogen (secondary N) is 1. The molecule has 1 aromatic heterocycles. The summed E-state index contributed by atoms with van der Waals surface area (Å²) in [6.45, 7) is 2.87. The Labute approximate surface area is 113 Å². The van der Waals surface area contributed by atoms with Gasteiger partial charge in [0.2, 0.25) is 5.95 Å². The number of aromatic nitrogens is 2. The number of nitrogen functional groups attached to an aromatic ring is 1. The van der Waals surface area contributed by atoms with Gasteiger partial charge in [-0.25, -0.2) is 4.98 Å². The van der Waals surface area contributed by atoms with Crippen molar-refractivity contribution in [1.82, 2.24) is 9.97 Å². The van der Waals surface area contributed by atoms with Gasteiger partial charge in [0.05, 0.1) is 24.9 Å². The fourth-order valence-electron chi connectivity index (χ4n) is 2.20.